The maximum Gasteiger partial charge on any atom is 0.0957 e. The fourth-order valence-electron chi connectivity index (χ4n) is 2.63. The van der Waals surface area contributed by atoms with Crippen LogP contribution in [0.3, 0.4) is 0 Å². The Bertz CT molecular complexity index is 414. The standard InChI is InChI=1S/C14H24N2OS/c1-9(17-5)6-12-16-11-8-14(2,3)7-10(15-4)13(11)18-12/h9-10,15H,6-8H2,1-5H3. The van der Waals surface area contributed by atoms with E-state index in [2.05, 4.69) is 26.1 Å². The molecule has 1 aromatic heterocycles. The molecule has 0 amide bonds. The summed E-state index contributed by atoms with van der Waals surface area (Å²) in [6.45, 7) is 6.76. The second kappa shape index (κ2) is 5.27. The molecule has 4 heteroatoms. The van der Waals surface area contributed by atoms with Crippen LogP contribution >= 0.6 is 11.3 Å². The molecule has 1 aliphatic carbocycles. The van der Waals surface area contributed by atoms with E-state index < -0.39 is 0 Å². The highest BCUT2D eigenvalue weighted by atomic mass is 32.1. The molecule has 1 aromatic rings. The Morgan fingerprint density at radius 3 is 2.89 bits per heavy atom. The third-order valence-corrected chi connectivity index (χ3v) is 4.94. The summed E-state index contributed by atoms with van der Waals surface area (Å²) in [4.78, 5) is 6.27. The number of nitrogens with zero attached hydrogens (tertiary/aromatic N) is 1. The molecule has 0 fully saturated rings. The van der Waals surface area contributed by atoms with Gasteiger partial charge in [-0.15, -0.1) is 11.3 Å². The minimum Gasteiger partial charge on any atom is -0.381 e. The van der Waals surface area contributed by atoms with E-state index in [4.69, 9.17) is 9.72 Å². The average molecular weight is 268 g/mol. The summed E-state index contributed by atoms with van der Waals surface area (Å²) in [6.07, 6.45) is 3.46. The fraction of sp³-hybridized carbons (Fsp3) is 0.786. The number of hydrogen-bond acceptors (Lipinski definition) is 4. The van der Waals surface area contributed by atoms with Gasteiger partial charge in [-0.25, -0.2) is 4.98 Å². The van der Waals surface area contributed by atoms with Crippen molar-refractivity contribution in [2.75, 3.05) is 14.2 Å². The van der Waals surface area contributed by atoms with Gasteiger partial charge in [0.05, 0.1) is 16.8 Å². The molecular weight excluding hydrogens is 244 g/mol. The smallest absolute Gasteiger partial charge is 0.0957 e. The first-order valence-corrected chi connectivity index (χ1v) is 7.45. The van der Waals surface area contributed by atoms with Crippen molar-refractivity contribution in [2.24, 2.45) is 5.41 Å². The van der Waals surface area contributed by atoms with E-state index in [9.17, 15) is 0 Å². The summed E-state index contributed by atoms with van der Waals surface area (Å²) >= 11 is 1.86. The van der Waals surface area contributed by atoms with Crippen LogP contribution in [-0.4, -0.2) is 25.2 Å². The number of rotatable bonds is 4. The van der Waals surface area contributed by atoms with Crippen molar-refractivity contribution < 1.29 is 4.74 Å². The highest BCUT2D eigenvalue weighted by molar-refractivity contribution is 7.11. The van der Waals surface area contributed by atoms with Crippen LogP contribution in [0.5, 0.6) is 0 Å². The molecule has 2 rings (SSSR count). The van der Waals surface area contributed by atoms with Gasteiger partial charge in [-0.3, -0.25) is 0 Å². The van der Waals surface area contributed by atoms with Crippen molar-refractivity contribution >= 4 is 11.3 Å². The largest absolute Gasteiger partial charge is 0.381 e. The van der Waals surface area contributed by atoms with E-state index in [0.29, 0.717) is 11.5 Å². The number of thiazole rings is 1. The SMILES string of the molecule is CNC1CC(C)(C)Cc2nc(CC(C)OC)sc21. The second-order valence-corrected chi connectivity index (χ2v) is 7.17. The summed E-state index contributed by atoms with van der Waals surface area (Å²) < 4.78 is 5.33. The van der Waals surface area contributed by atoms with Crippen LogP contribution in [0.1, 0.15) is 48.8 Å². The lowest BCUT2D eigenvalue weighted by atomic mass is 9.76. The predicted octanol–water partition coefficient (Wildman–Crippen LogP) is 2.95. The molecular formula is C14H24N2OS. The summed E-state index contributed by atoms with van der Waals surface area (Å²) in [5, 5.41) is 4.65. The zero-order chi connectivity index (χ0) is 13.3. The zero-order valence-corrected chi connectivity index (χ0v) is 12.9. The van der Waals surface area contributed by atoms with Crippen LogP contribution in [0, 0.1) is 5.41 Å². The number of fused-ring (bicyclic) bond motifs is 1. The van der Waals surface area contributed by atoms with E-state index >= 15 is 0 Å². The molecule has 0 saturated heterocycles. The predicted molar refractivity (Wildman–Crippen MR) is 76.2 cm³/mol. The highest BCUT2D eigenvalue weighted by Crippen LogP contribution is 2.42. The third-order valence-electron chi connectivity index (χ3n) is 3.70. The van der Waals surface area contributed by atoms with Crippen molar-refractivity contribution in [2.45, 2.75) is 52.2 Å². The summed E-state index contributed by atoms with van der Waals surface area (Å²) in [5.74, 6) is 0. The van der Waals surface area contributed by atoms with Gasteiger partial charge in [-0.1, -0.05) is 13.8 Å². The van der Waals surface area contributed by atoms with Crippen molar-refractivity contribution in [3.63, 3.8) is 0 Å². The molecule has 2 unspecified atom stereocenters. The quantitative estimate of drug-likeness (QED) is 0.911. The molecule has 1 aliphatic rings. The van der Waals surface area contributed by atoms with E-state index in [-0.39, 0.29) is 6.10 Å². The Kier molecular flexibility index (Phi) is 4.09. The lowest BCUT2D eigenvalue weighted by Crippen LogP contribution is -2.30. The summed E-state index contributed by atoms with van der Waals surface area (Å²) in [5.41, 5.74) is 1.65. The zero-order valence-electron chi connectivity index (χ0n) is 12.0. The number of ether oxygens (including phenoxy) is 1. The molecule has 102 valence electrons. The lowest BCUT2D eigenvalue weighted by molar-refractivity contribution is 0.118. The van der Waals surface area contributed by atoms with E-state index in [0.717, 1.165) is 12.8 Å². The third kappa shape index (κ3) is 2.92. The van der Waals surface area contributed by atoms with Gasteiger partial charge >= 0.3 is 0 Å². The summed E-state index contributed by atoms with van der Waals surface area (Å²) in [6, 6.07) is 0.466. The second-order valence-electron chi connectivity index (χ2n) is 6.06. The molecule has 2 atom stereocenters. The van der Waals surface area contributed by atoms with Gasteiger partial charge in [0, 0.05) is 24.4 Å². The van der Waals surface area contributed by atoms with E-state index in [1.807, 2.05) is 18.4 Å². The minimum atomic E-state index is 0.249. The van der Waals surface area contributed by atoms with Crippen LogP contribution in [-0.2, 0) is 17.6 Å². The molecule has 18 heavy (non-hydrogen) atoms. The Morgan fingerprint density at radius 1 is 1.56 bits per heavy atom. The molecule has 1 N–H and O–H groups in total. The average Bonchev–Trinajstić information content (AvgIpc) is 2.68. The number of methoxy groups -OCH3 is 1. The number of hydrogen-bond donors (Lipinski definition) is 1. The maximum absolute atomic E-state index is 5.33. The van der Waals surface area contributed by atoms with Gasteiger partial charge in [0.25, 0.3) is 0 Å². The Balaban J connectivity index is 2.24. The van der Waals surface area contributed by atoms with E-state index in [1.165, 1.54) is 22.0 Å². The maximum atomic E-state index is 5.33. The molecule has 0 spiro atoms. The molecule has 0 saturated carbocycles. The number of nitrogens with one attached hydrogen (secondary N) is 1. The molecule has 0 aliphatic heterocycles. The first-order chi connectivity index (χ1) is 8.45. The van der Waals surface area contributed by atoms with Gasteiger partial charge in [0.2, 0.25) is 0 Å². The topological polar surface area (TPSA) is 34.2 Å². The minimum absolute atomic E-state index is 0.249. The van der Waals surface area contributed by atoms with Gasteiger partial charge < -0.3 is 10.1 Å². The molecule has 0 radical (unpaired) electrons. The Morgan fingerprint density at radius 2 is 2.28 bits per heavy atom. The fourth-order valence-corrected chi connectivity index (χ4v) is 3.94. The summed E-state index contributed by atoms with van der Waals surface area (Å²) in [7, 11) is 3.81. The van der Waals surface area contributed by atoms with Gasteiger partial charge in [0.1, 0.15) is 0 Å². The van der Waals surface area contributed by atoms with Crippen LogP contribution in [0.2, 0.25) is 0 Å². The monoisotopic (exact) mass is 268 g/mol. The Hall–Kier alpha value is -0.450. The van der Waals surface area contributed by atoms with Crippen molar-refractivity contribution in [1.82, 2.24) is 10.3 Å². The van der Waals surface area contributed by atoms with E-state index in [1.54, 1.807) is 7.11 Å². The van der Waals surface area contributed by atoms with Crippen LogP contribution in [0.25, 0.3) is 0 Å². The van der Waals surface area contributed by atoms with Crippen LogP contribution in [0.15, 0.2) is 0 Å². The first kappa shape index (κ1) is 14.0. The van der Waals surface area contributed by atoms with Crippen molar-refractivity contribution in [3.8, 4) is 0 Å². The lowest BCUT2D eigenvalue weighted by Gasteiger charge is -2.34. The number of aromatic nitrogens is 1. The van der Waals surface area contributed by atoms with Crippen molar-refractivity contribution in [1.29, 1.82) is 0 Å². The molecule has 3 nitrogen and oxygen atoms in total. The van der Waals surface area contributed by atoms with Crippen molar-refractivity contribution in [3.05, 3.63) is 15.6 Å². The van der Waals surface area contributed by atoms with Crippen LogP contribution < -0.4 is 5.32 Å². The van der Waals surface area contributed by atoms with Crippen LogP contribution in [0.4, 0.5) is 0 Å². The normalized spacial score (nSPS) is 23.7. The van der Waals surface area contributed by atoms with Gasteiger partial charge in [-0.05, 0) is 32.2 Å². The van der Waals surface area contributed by atoms with Gasteiger partial charge in [0.15, 0.2) is 0 Å². The van der Waals surface area contributed by atoms with Gasteiger partial charge in [-0.2, -0.15) is 0 Å². The molecule has 1 heterocycles. The first-order valence-electron chi connectivity index (χ1n) is 6.63. The highest BCUT2D eigenvalue weighted by Gasteiger charge is 2.34. The Labute approximate surface area is 114 Å². The molecule has 0 aromatic carbocycles. The molecule has 0 bridgehead atoms.